The highest BCUT2D eigenvalue weighted by atomic mass is 19.3. The minimum atomic E-state index is -2.88. The van der Waals surface area contributed by atoms with Crippen molar-refractivity contribution in [3.63, 3.8) is 0 Å². The lowest BCUT2D eigenvalue weighted by molar-refractivity contribution is -0.00272. The van der Waals surface area contributed by atoms with Crippen LogP contribution in [0.15, 0.2) is 12.5 Å². The zero-order valence-electron chi connectivity index (χ0n) is 9.01. The summed E-state index contributed by atoms with van der Waals surface area (Å²) in [5, 5.41) is 11.0. The molecule has 8 heteroatoms. The van der Waals surface area contributed by atoms with E-state index < -0.39 is 25.0 Å². The average molecular weight is 248 g/mol. The van der Waals surface area contributed by atoms with E-state index in [0.717, 1.165) is 0 Å². The van der Waals surface area contributed by atoms with E-state index in [0.29, 0.717) is 13.1 Å². The minimum Gasteiger partial charge on any atom is -0.385 e. The molecule has 0 aromatic carbocycles. The Morgan fingerprint density at radius 2 is 2.35 bits per heavy atom. The first-order valence-corrected chi connectivity index (χ1v) is 5.01. The number of aliphatic hydroxyl groups is 1. The van der Waals surface area contributed by atoms with Gasteiger partial charge in [-0.15, -0.1) is 0 Å². The Hall–Kier alpha value is -1.54. The first kappa shape index (κ1) is 13.5. The summed E-state index contributed by atoms with van der Waals surface area (Å²) in [7, 11) is 0. The number of nitrogens with zero attached hydrogens (tertiary/aromatic N) is 2. The van der Waals surface area contributed by atoms with Crippen molar-refractivity contribution >= 4 is 5.91 Å². The number of rotatable bonds is 6. The number of hydrogen-bond donors (Lipinski definition) is 3. The maximum Gasteiger partial charge on any atom is 0.271 e. The Bertz CT molecular complexity index is 370. The van der Waals surface area contributed by atoms with Crippen LogP contribution in [0.25, 0.3) is 0 Å². The number of imidazole rings is 1. The van der Waals surface area contributed by atoms with Crippen molar-refractivity contribution in [2.24, 2.45) is 5.73 Å². The predicted molar refractivity (Wildman–Crippen MR) is 55.6 cm³/mol. The summed E-state index contributed by atoms with van der Waals surface area (Å²) < 4.78 is 25.5. The van der Waals surface area contributed by atoms with Gasteiger partial charge in [0.15, 0.2) is 0 Å². The first-order chi connectivity index (χ1) is 8.04. The third-order valence-electron chi connectivity index (χ3n) is 2.02. The third-order valence-corrected chi connectivity index (χ3v) is 2.02. The van der Waals surface area contributed by atoms with Gasteiger partial charge in [0.05, 0.1) is 6.33 Å². The number of aromatic nitrogens is 2. The van der Waals surface area contributed by atoms with Crippen molar-refractivity contribution < 1.29 is 18.7 Å². The lowest BCUT2D eigenvalue weighted by atomic mass is 10.3. The van der Waals surface area contributed by atoms with E-state index >= 15 is 0 Å². The van der Waals surface area contributed by atoms with Crippen LogP contribution in [0.5, 0.6) is 0 Å². The van der Waals surface area contributed by atoms with Crippen molar-refractivity contribution in [3.05, 3.63) is 18.2 Å². The highest BCUT2D eigenvalue weighted by Crippen LogP contribution is 2.00. The molecule has 0 radical (unpaired) electrons. The van der Waals surface area contributed by atoms with Crippen LogP contribution < -0.4 is 11.1 Å². The topological polar surface area (TPSA) is 93.2 Å². The number of nitrogens with one attached hydrogen (secondary N) is 1. The van der Waals surface area contributed by atoms with Gasteiger partial charge in [-0.1, -0.05) is 0 Å². The van der Waals surface area contributed by atoms with Gasteiger partial charge < -0.3 is 20.7 Å². The number of aliphatic hydroxyl groups excluding tert-OH is 1. The van der Waals surface area contributed by atoms with Crippen LogP contribution in [-0.4, -0.2) is 46.2 Å². The standard InChI is InChI=1S/C9H14F2N4O2/c10-8(11)7(16)3-13-9(17)6-4-15(2-1-12)5-14-6/h4-5,7-8,16H,1-3,12H2,(H,13,17). The molecule has 0 aliphatic carbocycles. The van der Waals surface area contributed by atoms with Crippen molar-refractivity contribution in [1.29, 1.82) is 0 Å². The fraction of sp³-hybridized carbons (Fsp3) is 0.556. The minimum absolute atomic E-state index is 0.0971. The highest BCUT2D eigenvalue weighted by molar-refractivity contribution is 5.92. The SMILES string of the molecule is NCCn1cnc(C(=O)NCC(O)C(F)F)c1. The van der Waals surface area contributed by atoms with Crippen LogP contribution in [0.1, 0.15) is 10.5 Å². The first-order valence-electron chi connectivity index (χ1n) is 5.01. The number of alkyl halides is 2. The van der Waals surface area contributed by atoms with Gasteiger partial charge in [-0.2, -0.15) is 0 Å². The maximum absolute atomic E-state index is 12.0. The van der Waals surface area contributed by atoms with Crippen molar-refractivity contribution in [1.82, 2.24) is 14.9 Å². The van der Waals surface area contributed by atoms with Gasteiger partial charge in [0.2, 0.25) is 0 Å². The molecule has 0 aliphatic heterocycles. The van der Waals surface area contributed by atoms with E-state index in [9.17, 15) is 13.6 Å². The molecule has 1 rings (SSSR count). The van der Waals surface area contributed by atoms with E-state index in [-0.39, 0.29) is 5.69 Å². The summed E-state index contributed by atoms with van der Waals surface area (Å²) in [6.07, 6.45) is -1.88. The molecular weight excluding hydrogens is 234 g/mol. The maximum atomic E-state index is 12.0. The van der Waals surface area contributed by atoms with Crippen LogP contribution in [0.4, 0.5) is 8.78 Å². The molecule has 4 N–H and O–H groups in total. The summed E-state index contributed by atoms with van der Waals surface area (Å²) in [6.45, 7) is 0.404. The molecule has 1 heterocycles. The number of amides is 1. The van der Waals surface area contributed by atoms with Crippen LogP contribution in [0.3, 0.4) is 0 Å². The summed E-state index contributed by atoms with van der Waals surface area (Å²) in [6, 6.07) is 0. The Kier molecular flexibility index (Phi) is 4.98. The van der Waals surface area contributed by atoms with Gasteiger partial charge >= 0.3 is 0 Å². The Balaban J connectivity index is 2.46. The third kappa shape index (κ3) is 4.08. The molecule has 0 saturated heterocycles. The van der Waals surface area contributed by atoms with Gasteiger partial charge in [-0.25, -0.2) is 13.8 Å². The number of hydrogen-bond acceptors (Lipinski definition) is 4. The summed E-state index contributed by atoms with van der Waals surface area (Å²) in [5.74, 6) is -0.611. The Morgan fingerprint density at radius 1 is 1.65 bits per heavy atom. The van der Waals surface area contributed by atoms with E-state index in [1.807, 2.05) is 0 Å². The molecule has 1 amide bonds. The second-order valence-electron chi connectivity index (χ2n) is 3.40. The van der Waals surface area contributed by atoms with Gasteiger partial charge in [-0.3, -0.25) is 4.79 Å². The molecular formula is C9H14F2N4O2. The zero-order chi connectivity index (χ0) is 12.8. The molecule has 1 unspecified atom stereocenters. The fourth-order valence-electron chi connectivity index (χ4n) is 1.13. The molecule has 96 valence electrons. The average Bonchev–Trinajstić information content (AvgIpc) is 2.74. The molecule has 0 aliphatic rings. The van der Waals surface area contributed by atoms with Crippen LogP contribution in [0.2, 0.25) is 0 Å². The quantitative estimate of drug-likeness (QED) is 0.614. The lowest BCUT2D eigenvalue weighted by Crippen LogP contribution is -2.35. The molecule has 0 saturated carbocycles. The monoisotopic (exact) mass is 248 g/mol. The molecule has 1 aromatic rings. The second-order valence-corrected chi connectivity index (χ2v) is 3.40. The fourth-order valence-corrected chi connectivity index (χ4v) is 1.13. The molecule has 0 fully saturated rings. The molecule has 0 bridgehead atoms. The van der Waals surface area contributed by atoms with Crippen LogP contribution in [-0.2, 0) is 6.54 Å². The largest absolute Gasteiger partial charge is 0.385 e. The number of carbonyl (C=O) groups is 1. The molecule has 1 aromatic heterocycles. The van der Waals surface area contributed by atoms with Crippen molar-refractivity contribution in [2.75, 3.05) is 13.1 Å². The highest BCUT2D eigenvalue weighted by Gasteiger charge is 2.18. The number of nitrogens with two attached hydrogens (primary N) is 1. The predicted octanol–water partition coefficient (Wildman–Crippen LogP) is -0.802. The Morgan fingerprint density at radius 3 is 2.94 bits per heavy atom. The van der Waals surface area contributed by atoms with E-state index in [4.69, 9.17) is 10.8 Å². The molecule has 0 spiro atoms. The van der Waals surface area contributed by atoms with Gasteiger partial charge in [-0.05, 0) is 0 Å². The van der Waals surface area contributed by atoms with Gasteiger partial charge in [0, 0.05) is 25.8 Å². The zero-order valence-corrected chi connectivity index (χ0v) is 9.01. The van der Waals surface area contributed by atoms with E-state index in [1.54, 1.807) is 4.57 Å². The number of carbonyl (C=O) groups excluding carboxylic acids is 1. The van der Waals surface area contributed by atoms with E-state index in [1.165, 1.54) is 12.5 Å². The van der Waals surface area contributed by atoms with Gasteiger partial charge in [0.1, 0.15) is 11.8 Å². The molecule has 17 heavy (non-hydrogen) atoms. The van der Waals surface area contributed by atoms with Gasteiger partial charge in [0.25, 0.3) is 12.3 Å². The van der Waals surface area contributed by atoms with Crippen molar-refractivity contribution in [2.45, 2.75) is 19.1 Å². The second kappa shape index (κ2) is 6.26. The number of halogens is 2. The lowest BCUT2D eigenvalue weighted by Gasteiger charge is -2.09. The van der Waals surface area contributed by atoms with Crippen molar-refractivity contribution in [3.8, 4) is 0 Å². The van der Waals surface area contributed by atoms with Crippen LogP contribution >= 0.6 is 0 Å². The van der Waals surface area contributed by atoms with Crippen LogP contribution in [0, 0.1) is 0 Å². The Labute approximate surface area is 96.4 Å². The summed E-state index contributed by atoms with van der Waals surface area (Å²) in [5.41, 5.74) is 5.41. The summed E-state index contributed by atoms with van der Waals surface area (Å²) in [4.78, 5) is 15.2. The smallest absolute Gasteiger partial charge is 0.271 e. The normalized spacial score (nSPS) is 12.8. The molecule has 6 nitrogen and oxygen atoms in total. The van der Waals surface area contributed by atoms with E-state index in [2.05, 4.69) is 10.3 Å². The summed E-state index contributed by atoms with van der Waals surface area (Å²) >= 11 is 0. The molecule has 1 atom stereocenters.